The molecule has 7 heteroatoms. The van der Waals surface area contributed by atoms with Crippen molar-refractivity contribution in [2.45, 2.75) is 18.9 Å². The molecule has 1 aliphatic rings. The van der Waals surface area contributed by atoms with Gasteiger partial charge >= 0.3 is 0 Å². The second-order valence-electron chi connectivity index (χ2n) is 5.83. The Kier molecular flexibility index (Phi) is 6.47. The number of para-hydroxylation sites is 2. The van der Waals surface area contributed by atoms with Crippen LogP contribution in [0.4, 0.5) is 0 Å². The molecular weight excluding hydrogens is 377 g/mol. The minimum Gasteiger partial charge on any atom is -0.492 e. The van der Waals surface area contributed by atoms with E-state index in [1.54, 1.807) is 18.2 Å². The normalized spacial score (nSPS) is 15.4. The van der Waals surface area contributed by atoms with Gasteiger partial charge < -0.3 is 19.5 Å². The van der Waals surface area contributed by atoms with E-state index < -0.39 is 0 Å². The van der Waals surface area contributed by atoms with Gasteiger partial charge in [-0.15, -0.1) is 0 Å². The molecule has 2 aromatic rings. The van der Waals surface area contributed by atoms with Gasteiger partial charge in [-0.05, 0) is 36.8 Å². The Morgan fingerprint density at radius 3 is 2.81 bits per heavy atom. The quantitative estimate of drug-likeness (QED) is 0.716. The summed E-state index contributed by atoms with van der Waals surface area (Å²) in [5.41, 5.74) is 0. The number of rotatable bonds is 7. The minimum absolute atomic E-state index is 0.0572. The monoisotopic (exact) mass is 395 g/mol. The molecule has 1 amide bonds. The van der Waals surface area contributed by atoms with Gasteiger partial charge in [0.05, 0.1) is 18.2 Å². The fourth-order valence-corrected chi connectivity index (χ4v) is 2.95. The summed E-state index contributed by atoms with van der Waals surface area (Å²) < 4.78 is 17.0. The topological polar surface area (TPSA) is 56.8 Å². The number of amides is 1. The van der Waals surface area contributed by atoms with E-state index in [4.69, 9.17) is 37.4 Å². The third-order valence-electron chi connectivity index (χ3n) is 3.79. The number of benzene rings is 2. The van der Waals surface area contributed by atoms with Crippen LogP contribution in [0.3, 0.4) is 0 Å². The molecule has 0 saturated heterocycles. The Labute approximate surface area is 162 Å². The van der Waals surface area contributed by atoms with Crippen LogP contribution in [0.15, 0.2) is 42.5 Å². The molecule has 0 bridgehead atoms. The van der Waals surface area contributed by atoms with Crippen molar-refractivity contribution in [1.29, 1.82) is 0 Å². The third-order valence-corrected chi connectivity index (χ3v) is 4.32. The van der Waals surface area contributed by atoms with Gasteiger partial charge in [0.25, 0.3) is 0 Å². The molecule has 0 spiro atoms. The molecule has 0 unspecified atom stereocenters. The van der Waals surface area contributed by atoms with Crippen LogP contribution in [0, 0.1) is 0 Å². The summed E-state index contributed by atoms with van der Waals surface area (Å²) in [5.74, 6) is 1.93. The molecule has 0 aliphatic carbocycles. The minimum atomic E-state index is -0.196. The maximum Gasteiger partial charge on any atom is 0.220 e. The highest BCUT2D eigenvalue weighted by molar-refractivity contribution is 6.35. The van der Waals surface area contributed by atoms with Crippen LogP contribution >= 0.6 is 23.2 Å². The van der Waals surface area contributed by atoms with Gasteiger partial charge in [0.1, 0.15) is 18.5 Å². The number of hydrogen-bond donors (Lipinski definition) is 1. The third kappa shape index (κ3) is 5.19. The Morgan fingerprint density at radius 1 is 1.19 bits per heavy atom. The number of nitrogens with one attached hydrogen (secondary N) is 1. The van der Waals surface area contributed by atoms with Crippen molar-refractivity contribution < 1.29 is 19.0 Å². The van der Waals surface area contributed by atoms with Crippen LogP contribution in [0.2, 0.25) is 10.0 Å². The van der Waals surface area contributed by atoms with Crippen molar-refractivity contribution in [3.8, 4) is 17.2 Å². The molecule has 0 aromatic heterocycles. The molecule has 0 radical (unpaired) electrons. The van der Waals surface area contributed by atoms with Crippen LogP contribution in [-0.2, 0) is 4.79 Å². The van der Waals surface area contributed by atoms with Gasteiger partial charge in [-0.1, -0.05) is 35.3 Å². The Balaban J connectivity index is 1.33. The average Bonchev–Trinajstić information content (AvgIpc) is 2.65. The molecule has 3 rings (SSSR count). The number of halogens is 2. The van der Waals surface area contributed by atoms with E-state index in [2.05, 4.69) is 5.32 Å². The smallest absolute Gasteiger partial charge is 0.220 e. The first-order valence-electron chi connectivity index (χ1n) is 8.35. The first-order valence-corrected chi connectivity index (χ1v) is 9.10. The fraction of sp³-hybridized carbons (Fsp3) is 0.316. The maximum atomic E-state index is 11.9. The highest BCUT2D eigenvalue weighted by Crippen LogP contribution is 2.30. The van der Waals surface area contributed by atoms with Crippen molar-refractivity contribution in [1.82, 2.24) is 5.32 Å². The molecule has 138 valence electrons. The average molecular weight is 396 g/mol. The van der Waals surface area contributed by atoms with Crippen LogP contribution in [0.25, 0.3) is 0 Å². The molecule has 26 heavy (non-hydrogen) atoms. The standard InChI is InChI=1S/C19H19Cl2NO4/c20-13-7-8-16(15(21)10-13)24-9-3-6-19(23)22-11-14-12-25-17-4-1-2-5-18(17)26-14/h1-2,4-5,7-8,10,14H,3,6,9,11-12H2,(H,22,23)/t14-/m1/s1. The van der Waals surface area contributed by atoms with Crippen LogP contribution in [-0.4, -0.2) is 31.8 Å². The van der Waals surface area contributed by atoms with E-state index >= 15 is 0 Å². The second-order valence-corrected chi connectivity index (χ2v) is 6.67. The van der Waals surface area contributed by atoms with Gasteiger partial charge in [-0.25, -0.2) is 0 Å². The molecule has 1 atom stereocenters. The molecule has 1 N–H and O–H groups in total. The summed E-state index contributed by atoms with van der Waals surface area (Å²) in [4.78, 5) is 11.9. The summed E-state index contributed by atoms with van der Waals surface area (Å²) in [5, 5.41) is 3.87. The van der Waals surface area contributed by atoms with E-state index in [0.717, 1.165) is 5.75 Å². The Morgan fingerprint density at radius 2 is 2.00 bits per heavy atom. The van der Waals surface area contributed by atoms with E-state index in [-0.39, 0.29) is 12.0 Å². The summed E-state index contributed by atoms with van der Waals surface area (Å²) >= 11 is 11.9. The molecule has 5 nitrogen and oxygen atoms in total. The molecule has 0 fully saturated rings. The van der Waals surface area contributed by atoms with E-state index in [1.807, 2.05) is 24.3 Å². The van der Waals surface area contributed by atoms with E-state index in [0.29, 0.717) is 54.1 Å². The van der Waals surface area contributed by atoms with Crippen LogP contribution in [0.1, 0.15) is 12.8 Å². The predicted octanol–water partition coefficient (Wildman–Crippen LogP) is 4.11. The number of ether oxygens (including phenoxy) is 3. The van der Waals surface area contributed by atoms with Crippen LogP contribution in [0.5, 0.6) is 17.2 Å². The highest BCUT2D eigenvalue weighted by Gasteiger charge is 2.20. The largest absolute Gasteiger partial charge is 0.492 e. The summed E-state index contributed by atoms with van der Waals surface area (Å²) in [6.07, 6.45) is 0.739. The lowest BCUT2D eigenvalue weighted by molar-refractivity contribution is -0.121. The van der Waals surface area contributed by atoms with Gasteiger partial charge in [-0.2, -0.15) is 0 Å². The molecular formula is C19H19Cl2NO4. The highest BCUT2D eigenvalue weighted by atomic mass is 35.5. The zero-order valence-corrected chi connectivity index (χ0v) is 15.6. The number of hydrogen-bond acceptors (Lipinski definition) is 4. The number of carbonyl (C=O) groups excluding carboxylic acids is 1. The zero-order chi connectivity index (χ0) is 18.4. The fourth-order valence-electron chi connectivity index (χ4n) is 2.49. The second kappa shape index (κ2) is 9.01. The van der Waals surface area contributed by atoms with Crippen LogP contribution < -0.4 is 19.5 Å². The Hall–Kier alpha value is -2.11. The lowest BCUT2D eigenvalue weighted by atomic mass is 10.2. The maximum absolute atomic E-state index is 11.9. The summed E-state index contributed by atoms with van der Waals surface area (Å²) in [6, 6.07) is 12.5. The van der Waals surface area contributed by atoms with Gasteiger partial charge in [0, 0.05) is 11.4 Å². The van der Waals surface area contributed by atoms with Gasteiger partial charge in [0.2, 0.25) is 5.91 Å². The lowest BCUT2D eigenvalue weighted by Gasteiger charge is -2.26. The summed E-state index contributed by atoms with van der Waals surface area (Å²) in [7, 11) is 0. The van der Waals surface area contributed by atoms with Crippen molar-refractivity contribution >= 4 is 29.1 Å². The summed E-state index contributed by atoms with van der Waals surface area (Å²) in [6.45, 7) is 1.21. The predicted molar refractivity (Wildman–Crippen MR) is 101 cm³/mol. The zero-order valence-electron chi connectivity index (χ0n) is 14.0. The van der Waals surface area contributed by atoms with Crippen molar-refractivity contribution in [3.05, 3.63) is 52.5 Å². The van der Waals surface area contributed by atoms with Gasteiger partial charge in [0.15, 0.2) is 11.5 Å². The van der Waals surface area contributed by atoms with E-state index in [1.165, 1.54) is 0 Å². The molecule has 2 aromatic carbocycles. The SMILES string of the molecule is O=C(CCCOc1ccc(Cl)cc1Cl)NC[C@@H]1COc2ccccc2O1. The van der Waals surface area contributed by atoms with E-state index in [9.17, 15) is 4.79 Å². The first-order chi connectivity index (χ1) is 12.6. The van der Waals surface area contributed by atoms with Gasteiger partial charge in [-0.3, -0.25) is 4.79 Å². The molecule has 1 heterocycles. The molecule has 1 aliphatic heterocycles. The van der Waals surface area contributed by atoms with Crippen molar-refractivity contribution in [2.75, 3.05) is 19.8 Å². The van der Waals surface area contributed by atoms with Crippen molar-refractivity contribution in [2.24, 2.45) is 0 Å². The number of carbonyl (C=O) groups is 1. The number of fused-ring (bicyclic) bond motifs is 1. The molecule has 0 saturated carbocycles. The van der Waals surface area contributed by atoms with Crippen molar-refractivity contribution in [3.63, 3.8) is 0 Å². The Bertz CT molecular complexity index is 769. The lowest BCUT2D eigenvalue weighted by Crippen LogP contribution is -2.40. The first kappa shape index (κ1) is 18.7.